The second-order valence-corrected chi connectivity index (χ2v) is 3.12. The molecule has 0 saturated carbocycles. The summed E-state index contributed by atoms with van der Waals surface area (Å²) in [7, 11) is 0. The van der Waals surface area contributed by atoms with Gasteiger partial charge in [0.25, 0.3) is 0 Å². The second-order valence-electron chi connectivity index (χ2n) is 3.12. The molecule has 14 heavy (non-hydrogen) atoms. The molecule has 1 aliphatic rings. The summed E-state index contributed by atoms with van der Waals surface area (Å²) < 4.78 is 30.5. The number of hydrogen-bond acceptors (Lipinski definition) is 2. The van der Waals surface area contributed by atoms with Crippen molar-refractivity contribution in [1.29, 1.82) is 0 Å². The van der Waals surface area contributed by atoms with Crippen LogP contribution in [0, 0.1) is 0 Å². The van der Waals surface area contributed by atoms with Crippen molar-refractivity contribution in [2.45, 2.75) is 12.0 Å². The predicted octanol–water partition coefficient (Wildman–Crippen LogP) is 2.40. The molecule has 78 valence electrons. The third-order valence-electron chi connectivity index (χ3n) is 2.04. The molecule has 1 heterocycles. The number of rotatable bonds is 1. The highest BCUT2D eigenvalue weighted by Gasteiger charge is 2.51. The SMILES string of the molecule is Cl.Nc1cccc(C2OCC2(F)F)c1. The Morgan fingerprint density at radius 2 is 2.14 bits per heavy atom. The maximum Gasteiger partial charge on any atom is 0.300 e. The Kier molecular flexibility index (Phi) is 2.97. The van der Waals surface area contributed by atoms with Crippen LogP contribution in [-0.4, -0.2) is 12.5 Å². The second kappa shape index (κ2) is 3.71. The molecule has 1 unspecified atom stereocenters. The molecule has 0 bridgehead atoms. The largest absolute Gasteiger partial charge is 0.399 e. The van der Waals surface area contributed by atoms with Crippen LogP contribution >= 0.6 is 12.4 Å². The van der Waals surface area contributed by atoms with Gasteiger partial charge in [-0.25, -0.2) is 8.78 Å². The first-order valence-electron chi connectivity index (χ1n) is 3.94. The number of ether oxygens (including phenoxy) is 1. The molecule has 2 rings (SSSR count). The maximum absolute atomic E-state index is 12.9. The summed E-state index contributed by atoms with van der Waals surface area (Å²) in [4.78, 5) is 0. The molecule has 2 nitrogen and oxygen atoms in total. The van der Waals surface area contributed by atoms with Gasteiger partial charge in [0, 0.05) is 5.69 Å². The third-order valence-corrected chi connectivity index (χ3v) is 2.04. The van der Waals surface area contributed by atoms with Crippen molar-refractivity contribution in [1.82, 2.24) is 0 Å². The third kappa shape index (κ3) is 1.81. The number of hydrogen-bond donors (Lipinski definition) is 1. The first-order valence-corrected chi connectivity index (χ1v) is 3.94. The van der Waals surface area contributed by atoms with E-state index in [1.807, 2.05) is 0 Å². The Morgan fingerprint density at radius 1 is 1.43 bits per heavy atom. The fraction of sp³-hybridized carbons (Fsp3) is 0.333. The van der Waals surface area contributed by atoms with Crippen LogP contribution in [0.3, 0.4) is 0 Å². The lowest BCUT2D eigenvalue weighted by Crippen LogP contribution is -2.44. The fourth-order valence-corrected chi connectivity index (χ4v) is 1.35. The van der Waals surface area contributed by atoms with Crippen molar-refractivity contribution in [2.24, 2.45) is 0 Å². The first kappa shape index (κ1) is 11.2. The number of halogens is 3. The monoisotopic (exact) mass is 221 g/mol. The summed E-state index contributed by atoms with van der Waals surface area (Å²) >= 11 is 0. The molecule has 5 heteroatoms. The minimum Gasteiger partial charge on any atom is -0.399 e. The van der Waals surface area contributed by atoms with Gasteiger partial charge in [0.15, 0.2) is 0 Å². The van der Waals surface area contributed by atoms with Crippen LogP contribution in [0.4, 0.5) is 14.5 Å². The van der Waals surface area contributed by atoms with E-state index in [1.165, 1.54) is 6.07 Å². The summed E-state index contributed by atoms with van der Waals surface area (Å²) in [5.74, 6) is -2.74. The number of benzene rings is 1. The van der Waals surface area contributed by atoms with E-state index in [0.717, 1.165) is 0 Å². The van der Waals surface area contributed by atoms with Gasteiger partial charge in [-0.15, -0.1) is 12.4 Å². The smallest absolute Gasteiger partial charge is 0.300 e. The Balaban J connectivity index is 0.000000980. The normalized spacial score (nSPS) is 23.4. The Bertz CT molecular complexity index is 332. The van der Waals surface area contributed by atoms with Crippen LogP contribution in [0.1, 0.15) is 11.7 Å². The molecule has 1 fully saturated rings. The molecule has 0 aliphatic carbocycles. The van der Waals surface area contributed by atoms with Crippen LogP contribution in [0.5, 0.6) is 0 Å². The van der Waals surface area contributed by atoms with E-state index >= 15 is 0 Å². The van der Waals surface area contributed by atoms with Gasteiger partial charge in [-0.1, -0.05) is 12.1 Å². The Morgan fingerprint density at radius 3 is 2.57 bits per heavy atom. The highest BCUT2D eigenvalue weighted by atomic mass is 35.5. The predicted molar refractivity (Wildman–Crippen MR) is 51.7 cm³/mol. The summed E-state index contributed by atoms with van der Waals surface area (Å²) in [6.07, 6.45) is -1.11. The van der Waals surface area contributed by atoms with Crippen molar-refractivity contribution in [2.75, 3.05) is 12.3 Å². The highest BCUT2D eigenvalue weighted by molar-refractivity contribution is 5.85. The lowest BCUT2D eigenvalue weighted by Gasteiger charge is -2.36. The molecular formula is C9H10ClF2NO. The van der Waals surface area contributed by atoms with Crippen molar-refractivity contribution in [3.05, 3.63) is 29.8 Å². The Labute approximate surface area is 86.5 Å². The molecule has 0 aromatic heterocycles. The average molecular weight is 222 g/mol. The molecule has 0 radical (unpaired) electrons. The molecule has 2 N–H and O–H groups in total. The molecule has 1 aliphatic heterocycles. The van der Waals surface area contributed by atoms with Crippen LogP contribution in [0.2, 0.25) is 0 Å². The molecule has 1 atom stereocenters. The molecule has 0 amide bonds. The zero-order valence-corrected chi connectivity index (χ0v) is 8.06. The van der Waals surface area contributed by atoms with E-state index in [0.29, 0.717) is 11.3 Å². The van der Waals surface area contributed by atoms with Gasteiger partial charge in [0.1, 0.15) is 12.7 Å². The summed E-state index contributed by atoms with van der Waals surface area (Å²) in [6.45, 7) is -0.494. The zero-order valence-electron chi connectivity index (χ0n) is 7.24. The van der Waals surface area contributed by atoms with Crippen molar-refractivity contribution < 1.29 is 13.5 Å². The van der Waals surface area contributed by atoms with Crippen LogP contribution in [-0.2, 0) is 4.74 Å². The van der Waals surface area contributed by atoms with Gasteiger partial charge in [0.05, 0.1) is 0 Å². The number of nitrogens with two attached hydrogens (primary N) is 1. The summed E-state index contributed by atoms with van der Waals surface area (Å²) in [5.41, 5.74) is 6.38. The highest BCUT2D eigenvalue weighted by Crippen LogP contribution is 2.43. The van der Waals surface area contributed by atoms with Gasteiger partial charge < -0.3 is 10.5 Å². The topological polar surface area (TPSA) is 35.2 Å². The minimum atomic E-state index is -2.74. The minimum absolute atomic E-state index is 0. The van der Waals surface area contributed by atoms with E-state index in [1.54, 1.807) is 18.2 Å². The number of nitrogen functional groups attached to an aromatic ring is 1. The maximum atomic E-state index is 12.9. The van der Waals surface area contributed by atoms with E-state index in [-0.39, 0.29) is 12.4 Å². The van der Waals surface area contributed by atoms with Crippen molar-refractivity contribution in [3.8, 4) is 0 Å². The van der Waals surface area contributed by atoms with Gasteiger partial charge in [-0.2, -0.15) is 0 Å². The lowest BCUT2D eigenvalue weighted by atomic mass is 9.99. The van der Waals surface area contributed by atoms with E-state index in [9.17, 15) is 8.78 Å². The summed E-state index contributed by atoms with van der Waals surface area (Å²) in [5, 5.41) is 0. The standard InChI is InChI=1S/C9H9F2NO.ClH/c10-9(11)5-13-8(9)6-2-1-3-7(12)4-6;/h1-4,8H,5,12H2;1H. The zero-order chi connectivity index (χ0) is 9.47. The van der Waals surface area contributed by atoms with Gasteiger partial charge in [-0.05, 0) is 17.7 Å². The van der Waals surface area contributed by atoms with Crippen molar-refractivity contribution >= 4 is 18.1 Å². The Hall–Kier alpha value is -0.870. The molecule has 1 aromatic rings. The van der Waals surface area contributed by atoms with Gasteiger partial charge >= 0.3 is 5.92 Å². The van der Waals surface area contributed by atoms with E-state index < -0.39 is 18.6 Å². The van der Waals surface area contributed by atoms with Gasteiger partial charge in [-0.3, -0.25) is 0 Å². The first-order chi connectivity index (χ1) is 6.09. The number of alkyl halides is 2. The van der Waals surface area contributed by atoms with Crippen LogP contribution < -0.4 is 5.73 Å². The average Bonchev–Trinajstić information content (AvgIpc) is 2.02. The summed E-state index contributed by atoms with van der Waals surface area (Å²) in [6, 6.07) is 6.40. The molecule has 0 spiro atoms. The molecule has 1 saturated heterocycles. The van der Waals surface area contributed by atoms with E-state index in [4.69, 9.17) is 10.5 Å². The van der Waals surface area contributed by atoms with E-state index in [2.05, 4.69) is 0 Å². The fourth-order valence-electron chi connectivity index (χ4n) is 1.35. The van der Waals surface area contributed by atoms with Gasteiger partial charge in [0.2, 0.25) is 0 Å². The van der Waals surface area contributed by atoms with Crippen LogP contribution in [0.25, 0.3) is 0 Å². The quantitative estimate of drug-likeness (QED) is 0.739. The van der Waals surface area contributed by atoms with Crippen molar-refractivity contribution in [3.63, 3.8) is 0 Å². The molecule has 1 aromatic carbocycles. The molecular weight excluding hydrogens is 212 g/mol. The van der Waals surface area contributed by atoms with Crippen LogP contribution in [0.15, 0.2) is 24.3 Å². The lowest BCUT2D eigenvalue weighted by molar-refractivity contribution is -0.268. The number of anilines is 1.